The fraction of sp³-hybridized carbons (Fsp3) is 0.231. The summed E-state index contributed by atoms with van der Waals surface area (Å²) in [6, 6.07) is 4.58. The second-order valence-corrected chi connectivity index (χ2v) is 7.12. The van der Waals surface area contributed by atoms with Crippen molar-refractivity contribution in [3.8, 4) is 0 Å². The molecule has 1 N–H and O–H groups in total. The fourth-order valence-corrected chi connectivity index (χ4v) is 4.11. The van der Waals surface area contributed by atoms with Crippen molar-refractivity contribution in [2.75, 3.05) is 0 Å². The lowest BCUT2D eigenvalue weighted by molar-refractivity contribution is 0.0693. The molecule has 0 aliphatic rings. The molecule has 0 spiro atoms. The molecule has 2 aromatic rings. The van der Waals surface area contributed by atoms with Crippen LogP contribution in [0.15, 0.2) is 27.6 Å². The van der Waals surface area contributed by atoms with E-state index in [-0.39, 0.29) is 16.2 Å². The average molecular weight is 392 g/mol. The van der Waals surface area contributed by atoms with Gasteiger partial charge in [-0.2, -0.15) is 5.10 Å². The van der Waals surface area contributed by atoms with Gasteiger partial charge in [0.05, 0.1) is 43.4 Å². The molecule has 21 heavy (non-hydrogen) atoms. The maximum absolute atomic E-state index is 12.5. The Balaban J connectivity index is 2.41. The molecule has 8 heteroatoms. The first-order valence-electron chi connectivity index (χ1n) is 5.90. The van der Waals surface area contributed by atoms with E-state index in [0.29, 0.717) is 20.9 Å². The van der Waals surface area contributed by atoms with Crippen molar-refractivity contribution in [2.24, 2.45) is 7.05 Å². The summed E-state index contributed by atoms with van der Waals surface area (Å²) in [5.74, 6) is -1.01. The van der Waals surface area contributed by atoms with Gasteiger partial charge >= 0.3 is 5.97 Å². The monoisotopic (exact) mass is 390 g/mol. The third-order valence-electron chi connectivity index (χ3n) is 2.95. The Hall–Kier alpha value is -1.18. The summed E-state index contributed by atoms with van der Waals surface area (Å²) >= 11 is 9.40. The number of halogens is 2. The van der Waals surface area contributed by atoms with Crippen molar-refractivity contribution in [1.82, 2.24) is 9.78 Å². The molecule has 0 bridgehead atoms. The van der Waals surface area contributed by atoms with E-state index in [1.807, 2.05) is 0 Å². The Morgan fingerprint density at radius 1 is 1.52 bits per heavy atom. The van der Waals surface area contributed by atoms with Gasteiger partial charge in [-0.15, -0.1) is 0 Å². The first kappa shape index (κ1) is 16.2. The number of nitrogens with zero attached hydrogens (tertiary/aromatic N) is 2. The molecule has 0 fully saturated rings. The van der Waals surface area contributed by atoms with E-state index >= 15 is 0 Å². The number of rotatable bonds is 4. The lowest BCUT2D eigenvalue weighted by Gasteiger charge is -2.08. The van der Waals surface area contributed by atoms with Crippen LogP contribution in [0.25, 0.3) is 0 Å². The number of hydrogen-bond acceptors (Lipinski definition) is 3. The third-order valence-corrected chi connectivity index (χ3v) is 5.30. The predicted octanol–water partition coefficient (Wildman–Crippen LogP) is 3.15. The maximum Gasteiger partial charge on any atom is 0.336 e. The smallest absolute Gasteiger partial charge is 0.336 e. The van der Waals surface area contributed by atoms with Crippen LogP contribution in [-0.2, 0) is 23.6 Å². The first-order valence-corrected chi connectivity index (χ1v) is 8.39. The van der Waals surface area contributed by atoms with Gasteiger partial charge in [0.1, 0.15) is 0 Å². The summed E-state index contributed by atoms with van der Waals surface area (Å²) in [6.45, 7) is 1.76. The van der Waals surface area contributed by atoms with Crippen LogP contribution in [0.2, 0.25) is 5.02 Å². The summed E-state index contributed by atoms with van der Waals surface area (Å²) < 4.78 is 14.8. The summed E-state index contributed by atoms with van der Waals surface area (Å²) in [5, 5.41) is 13.8. The average Bonchev–Trinajstić information content (AvgIpc) is 2.64. The van der Waals surface area contributed by atoms with Gasteiger partial charge < -0.3 is 5.11 Å². The molecule has 112 valence electrons. The number of carbonyl (C=O) groups is 1. The van der Waals surface area contributed by atoms with Gasteiger partial charge in [0, 0.05) is 11.5 Å². The molecule has 0 aliphatic carbocycles. The molecule has 0 aliphatic heterocycles. The molecule has 1 atom stereocenters. The lowest BCUT2D eigenvalue weighted by atomic mass is 10.2. The summed E-state index contributed by atoms with van der Waals surface area (Å²) in [5.41, 5.74) is 1.29. The minimum atomic E-state index is -1.54. The highest BCUT2D eigenvalue weighted by Gasteiger charge is 2.20. The molecule has 2 rings (SSSR count). The zero-order valence-electron chi connectivity index (χ0n) is 11.3. The van der Waals surface area contributed by atoms with E-state index < -0.39 is 16.8 Å². The van der Waals surface area contributed by atoms with Crippen molar-refractivity contribution < 1.29 is 14.1 Å². The standard InChI is InChI=1S/C13H12BrClN2O3S/c1-7-12(15)10(17(2)16-7)6-21(20)11-5-8(14)3-4-9(11)13(18)19/h3-5H,6H2,1-2H3,(H,18,19). The SMILES string of the molecule is Cc1nn(C)c(CS(=O)c2cc(Br)ccc2C(=O)O)c1Cl. The molecule has 1 aromatic heterocycles. The molecule has 1 heterocycles. The second-order valence-electron chi connectivity index (χ2n) is 4.41. The number of aryl methyl sites for hydroxylation is 2. The second kappa shape index (κ2) is 6.29. The number of carboxylic acids is 1. The van der Waals surface area contributed by atoms with Crippen LogP contribution >= 0.6 is 27.5 Å². The van der Waals surface area contributed by atoms with Crippen LogP contribution in [0.5, 0.6) is 0 Å². The van der Waals surface area contributed by atoms with Gasteiger partial charge in [0.15, 0.2) is 0 Å². The minimum absolute atomic E-state index is 0.0200. The Labute approximate surface area is 137 Å². The Bertz CT molecular complexity index is 745. The van der Waals surface area contributed by atoms with Crippen LogP contribution in [0.1, 0.15) is 21.7 Å². The molecule has 0 radical (unpaired) electrons. The lowest BCUT2D eigenvalue weighted by Crippen LogP contribution is -2.08. The molecular weight excluding hydrogens is 380 g/mol. The molecular formula is C13H12BrClN2O3S. The molecule has 1 aromatic carbocycles. The zero-order valence-corrected chi connectivity index (χ0v) is 14.4. The van der Waals surface area contributed by atoms with Gasteiger partial charge in [0.25, 0.3) is 0 Å². The van der Waals surface area contributed by atoms with Crippen molar-refractivity contribution in [2.45, 2.75) is 17.6 Å². The molecule has 1 unspecified atom stereocenters. The fourth-order valence-electron chi connectivity index (χ4n) is 1.90. The van der Waals surface area contributed by atoms with E-state index in [0.717, 1.165) is 0 Å². The van der Waals surface area contributed by atoms with Crippen molar-refractivity contribution in [3.63, 3.8) is 0 Å². The Kier molecular flexibility index (Phi) is 4.85. The zero-order chi connectivity index (χ0) is 15.7. The molecule has 0 saturated heterocycles. The highest BCUT2D eigenvalue weighted by molar-refractivity contribution is 9.10. The van der Waals surface area contributed by atoms with E-state index in [9.17, 15) is 14.1 Å². The number of aromatic nitrogens is 2. The third kappa shape index (κ3) is 3.36. The van der Waals surface area contributed by atoms with Gasteiger partial charge in [-0.25, -0.2) is 4.79 Å². The van der Waals surface area contributed by atoms with Crippen LogP contribution in [0, 0.1) is 6.92 Å². The summed E-state index contributed by atoms with van der Waals surface area (Å²) in [4.78, 5) is 11.5. The van der Waals surface area contributed by atoms with Crippen molar-refractivity contribution in [3.05, 3.63) is 44.6 Å². The number of hydrogen-bond donors (Lipinski definition) is 1. The van der Waals surface area contributed by atoms with Gasteiger partial charge in [0.2, 0.25) is 0 Å². The number of aromatic carboxylic acids is 1. The Morgan fingerprint density at radius 3 is 2.71 bits per heavy atom. The highest BCUT2D eigenvalue weighted by Crippen LogP contribution is 2.26. The normalized spacial score (nSPS) is 12.4. The summed E-state index contributed by atoms with van der Waals surface area (Å²) in [7, 11) is 0.173. The quantitative estimate of drug-likeness (QED) is 0.869. The topological polar surface area (TPSA) is 72.2 Å². The highest BCUT2D eigenvalue weighted by atomic mass is 79.9. The number of carboxylic acid groups (broad SMARTS) is 1. The van der Waals surface area contributed by atoms with E-state index in [1.54, 1.807) is 30.8 Å². The van der Waals surface area contributed by atoms with Crippen LogP contribution in [0.4, 0.5) is 0 Å². The van der Waals surface area contributed by atoms with Crippen LogP contribution in [0.3, 0.4) is 0 Å². The maximum atomic E-state index is 12.5. The first-order chi connectivity index (χ1) is 9.81. The molecule has 0 saturated carbocycles. The largest absolute Gasteiger partial charge is 0.478 e. The van der Waals surface area contributed by atoms with E-state index in [4.69, 9.17) is 11.6 Å². The molecule has 5 nitrogen and oxygen atoms in total. The summed E-state index contributed by atoms with van der Waals surface area (Å²) in [6.07, 6.45) is 0. The number of benzene rings is 1. The van der Waals surface area contributed by atoms with Gasteiger partial charge in [-0.3, -0.25) is 8.89 Å². The van der Waals surface area contributed by atoms with Crippen LogP contribution in [-0.4, -0.2) is 25.1 Å². The Morgan fingerprint density at radius 2 is 2.19 bits per heavy atom. The van der Waals surface area contributed by atoms with E-state index in [1.165, 1.54) is 6.07 Å². The molecule has 0 amide bonds. The van der Waals surface area contributed by atoms with Gasteiger partial charge in [-0.1, -0.05) is 27.5 Å². The predicted molar refractivity (Wildman–Crippen MR) is 84.2 cm³/mol. The minimum Gasteiger partial charge on any atom is -0.478 e. The van der Waals surface area contributed by atoms with Gasteiger partial charge in [-0.05, 0) is 25.1 Å². The van der Waals surface area contributed by atoms with Crippen LogP contribution < -0.4 is 0 Å². The van der Waals surface area contributed by atoms with Crippen molar-refractivity contribution >= 4 is 44.3 Å². The van der Waals surface area contributed by atoms with Crippen molar-refractivity contribution in [1.29, 1.82) is 0 Å². The van der Waals surface area contributed by atoms with E-state index in [2.05, 4.69) is 21.0 Å².